The molecule has 0 radical (unpaired) electrons. The van der Waals surface area contributed by atoms with Gasteiger partial charge in [0.05, 0.1) is 4.91 Å². The van der Waals surface area contributed by atoms with Crippen LogP contribution >= 0.6 is 24.0 Å². The van der Waals surface area contributed by atoms with E-state index in [1.165, 1.54) is 11.8 Å². The minimum absolute atomic E-state index is 0.0516. The van der Waals surface area contributed by atoms with Gasteiger partial charge >= 0.3 is 0 Å². The lowest BCUT2D eigenvalue weighted by atomic mass is 10.2. The molecule has 0 unspecified atom stereocenters. The summed E-state index contributed by atoms with van der Waals surface area (Å²) in [5, 5.41) is -0.0516. The second-order valence-electron chi connectivity index (χ2n) is 6.53. The van der Waals surface area contributed by atoms with Gasteiger partial charge in [-0.3, -0.25) is 14.5 Å². The number of piperazine rings is 1. The SMILES string of the molecule is CN1CCN(C(=O)CCCN2C(=O)S/C(=C\c3ccccc3)C2=S)CC1. The number of likely N-dealkylation sites (N-methyl/N-ethyl adjacent to an activating group) is 1. The van der Waals surface area contributed by atoms with Crippen LogP contribution < -0.4 is 0 Å². The molecule has 1 aromatic carbocycles. The standard InChI is InChI=1S/C19H23N3O2S2/c1-20-10-12-21(13-11-20)17(23)8-5-9-22-18(25)16(26-19(22)24)14-15-6-3-2-4-7-15/h2-4,6-7,14H,5,8-13H2,1H3/b16-14-. The van der Waals surface area contributed by atoms with Gasteiger partial charge in [0.25, 0.3) is 5.24 Å². The van der Waals surface area contributed by atoms with Crippen LogP contribution in [0.2, 0.25) is 0 Å². The zero-order valence-electron chi connectivity index (χ0n) is 14.9. The summed E-state index contributed by atoms with van der Waals surface area (Å²) in [5.41, 5.74) is 1.03. The van der Waals surface area contributed by atoms with E-state index >= 15 is 0 Å². The van der Waals surface area contributed by atoms with E-state index in [-0.39, 0.29) is 11.1 Å². The second-order valence-corrected chi connectivity index (χ2v) is 7.91. The van der Waals surface area contributed by atoms with Crippen LogP contribution in [0.5, 0.6) is 0 Å². The first-order valence-corrected chi connectivity index (χ1v) is 10.0. The summed E-state index contributed by atoms with van der Waals surface area (Å²) >= 11 is 6.64. The molecule has 3 rings (SSSR count). The van der Waals surface area contributed by atoms with Gasteiger partial charge in [-0.05, 0) is 36.9 Å². The fourth-order valence-corrected chi connectivity index (χ4v) is 4.29. The minimum atomic E-state index is -0.0516. The molecule has 2 aliphatic heterocycles. The van der Waals surface area contributed by atoms with E-state index < -0.39 is 0 Å². The highest BCUT2D eigenvalue weighted by molar-refractivity contribution is 8.19. The summed E-state index contributed by atoms with van der Waals surface area (Å²) in [7, 11) is 2.07. The highest BCUT2D eigenvalue weighted by Crippen LogP contribution is 2.33. The Labute approximate surface area is 164 Å². The van der Waals surface area contributed by atoms with Gasteiger partial charge in [-0.2, -0.15) is 0 Å². The van der Waals surface area contributed by atoms with E-state index in [2.05, 4.69) is 11.9 Å². The van der Waals surface area contributed by atoms with E-state index in [0.717, 1.165) is 36.6 Å². The van der Waals surface area contributed by atoms with Crippen LogP contribution in [0.1, 0.15) is 18.4 Å². The Morgan fingerprint density at radius 3 is 2.58 bits per heavy atom. The van der Waals surface area contributed by atoms with Gasteiger partial charge in [0.15, 0.2) is 0 Å². The minimum Gasteiger partial charge on any atom is -0.340 e. The van der Waals surface area contributed by atoms with Crippen molar-refractivity contribution in [2.75, 3.05) is 39.8 Å². The van der Waals surface area contributed by atoms with E-state index in [0.29, 0.717) is 24.4 Å². The van der Waals surface area contributed by atoms with Gasteiger partial charge in [0.2, 0.25) is 5.91 Å². The van der Waals surface area contributed by atoms with Crippen LogP contribution in [-0.2, 0) is 4.79 Å². The number of rotatable bonds is 5. The van der Waals surface area contributed by atoms with Crippen molar-refractivity contribution in [3.63, 3.8) is 0 Å². The third-order valence-corrected chi connectivity index (χ3v) is 6.09. The maximum absolute atomic E-state index is 12.3. The van der Waals surface area contributed by atoms with Crippen LogP contribution in [-0.4, -0.2) is 70.6 Å². The Morgan fingerprint density at radius 2 is 1.88 bits per heavy atom. The van der Waals surface area contributed by atoms with Crippen molar-refractivity contribution < 1.29 is 9.59 Å². The van der Waals surface area contributed by atoms with Crippen molar-refractivity contribution in [2.24, 2.45) is 0 Å². The molecule has 0 N–H and O–H groups in total. The molecule has 0 aromatic heterocycles. The van der Waals surface area contributed by atoms with Gasteiger partial charge in [0.1, 0.15) is 4.99 Å². The summed E-state index contributed by atoms with van der Waals surface area (Å²) in [5.74, 6) is 0.170. The summed E-state index contributed by atoms with van der Waals surface area (Å²) in [6.07, 6.45) is 3.04. The molecule has 1 aromatic rings. The molecule has 26 heavy (non-hydrogen) atoms. The molecule has 0 saturated carbocycles. The van der Waals surface area contributed by atoms with E-state index in [9.17, 15) is 9.59 Å². The molecule has 2 saturated heterocycles. The van der Waals surface area contributed by atoms with Crippen molar-refractivity contribution in [1.29, 1.82) is 0 Å². The van der Waals surface area contributed by atoms with E-state index in [1.54, 1.807) is 4.90 Å². The van der Waals surface area contributed by atoms with Crippen molar-refractivity contribution in [3.05, 3.63) is 40.8 Å². The van der Waals surface area contributed by atoms with Gasteiger partial charge in [-0.15, -0.1) is 0 Å². The number of hydrogen-bond donors (Lipinski definition) is 0. The monoisotopic (exact) mass is 389 g/mol. The molecular formula is C19H23N3O2S2. The number of carbonyl (C=O) groups is 2. The number of hydrogen-bond acceptors (Lipinski definition) is 5. The molecule has 2 heterocycles. The summed E-state index contributed by atoms with van der Waals surface area (Å²) in [6, 6.07) is 9.84. The highest BCUT2D eigenvalue weighted by Gasteiger charge is 2.31. The first kappa shape index (κ1) is 19.1. The normalized spacial score (nSPS) is 20.3. The number of benzene rings is 1. The average molecular weight is 390 g/mol. The predicted octanol–water partition coefficient (Wildman–Crippen LogP) is 3.08. The summed E-state index contributed by atoms with van der Waals surface area (Å²) in [6.45, 7) is 3.91. The zero-order valence-corrected chi connectivity index (χ0v) is 16.5. The molecule has 0 bridgehead atoms. The quantitative estimate of drug-likeness (QED) is 0.572. The average Bonchev–Trinajstić information content (AvgIpc) is 2.90. The molecule has 0 atom stereocenters. The van der Waals surface area contributed by atoms with Gasteiger partial charge in [0, 0.05) is 39.1 Å². The van der Waals surface area contributed by atoms with Gasteiger partial charge in [-0.25, -0.2) is 0 Å². The number of nitrogens with zero attached hydrogens (tertiary/aromatic N) is 3. The third kappa shape index (κ3) is 4.72. The van der Waals surface area contributed by atoms with Gasteiger partial charge in [-0.1, -0.05) is 42.5 Å². The largest absolute Gasteiger partial charge is 0.340 e. The number of amides is 2. The maximum atomic E-state index is 12.3. The van der Waals surface area contributed by atoms with Gasteiger partial charge < -0.3 is 9.80 Å². The first-order chi connectivity index (χ1) is 12.5. The number of thiocarbonyl (C=S) groups is 1. The lowest BCUT2D eigenvalue weighted by Crippen LogP contribution is -2.47. The van der Waals surface area contributed by atoms with E-state index in [4.69, 9.17) is 12.2 Å². The number of thioether (sulfide) groups is 1. The molecule has 0 aliphatic carbocycles. The molecule has 0 spiro atoms. The van der Waals surface area contributed by atoms with Crippen LogP contribution in [0.4, 0.5) is 4.79 Å². The molecule has 5 nitrogen and oxygen atoms in total. The van der Waals surface area contributed by atoms with Crippen LogP contribution in [0.3, 0.4) is 0 Å². The molecule has 2 fully saturated rings. The summed E-state index contributed by atoms with van der Waals surface area (Å²) in [4.78, 5) is 31.7. The zero-order chi connectivity index (χ0) is 18.5. The molecular weight excluding hydrogens is 366 g/mol. The molecule has 138 valence electrons. The molecule has 2 aliphatic rings. The lowest BCUT2D eigenvalue weighted by Gasteiger charge is -2.32. The Bertz CT molecular complexity index is 713. The maximum Gasteiger partial charge on any atom is 0.291 e. The van der Waals surface area contributed by atoms with Crippen molar-refractivity contribution in [2.45, 2.75) is 12.8 Å². The fraction of sp³-hybridized carbons (Fsp3) is 0.421. The van der Waals surface area contributed by atoms with Crippen LogP contribution in [0.25, 0.3) is 6.08 Å². The predicted molar refractivity (Wildman–Crippen MR) is 110 cm³/mol. The smallest absolute Gasteiger partial charge is 0.291 e. The fourth-order valence-electron chi connectivity index (χ4n) is 3.00. The number of carbonyl (C=O) groups excluding carboxylic acids is 2. The van der Waals surface area contributed by atoms with Crippen molar-refractivity contribution in [1.82, 2.24) is 14.7 Å². The Hall–Kier alpha value is -1.70. The van der Waals surface area contributed by atoms with Crippen molar-refractivity contribution >= 4 is 46.2 Å². The van der Waals surface area contributed by atoms with Crippen LogP contribution in [0, 0.1) is 0 Å². The first-order valence-electron chi connectivity index (χ1n) is 8.81. The van der Waals surface area contributed by atoms with Crippen molar-refractivity contribution in [3.8, 4) is 0 Å². The van der Waals surface area contributed by atoms with Crippen LogP contribution in [0.15, 0.2) is 35.2 Å². The molecule has 2 amide bonds. The third-order valence-electron chi connectivity index (χ3n) is 4.60. The highest BCUT2D eigenvalue weighted by atomic mass is 32.2. The topological polar surface area (TPSA) is 43.9 Å². The molecule has 7 heteroatoms. The summed E-state index contributed by atoms with van der Waals surface area (Å²) < 4.78 is 0. The second kappa shape index (κ2) is 8.79. The Balaban J connectivity index is 1.50. The van der Waals surface area contributed by atoms with E-state index in [1.807, 2.05) is 41.3 Å². The Kier molecular flexibility index (Phi) is 6.45. The lowest BCUT2D eigenvalue weighted by molar-refractivity contribution is -0.132. The Morgan fingerprint density at radius 1 is 1.19 bits per heavy atom.